The molecule has 0 fully saturated rings. The Morgan fingerprint density at radius 2 is 2.27 bits per heavy atom. The zero-order valence-corrected chi connectivity index (χ0v) is 5.77. The van der Waals surface area contributed by atoms with Crippen molar-refractivity contribution >= 4 is 11.8 Å². The van der Waals surface area contributed by atoms with Crippen LogP contribution in [-0.2, 0) is 0 Å². The highest BCUT2D eigenvalue weighted by molar-refractivity contribution is 5.75. The lowest BCUT2D eigenvalue weighted by atomic mass is 10.4. The van der Waals surface area contributed by atoms with Crippen LogP contribution in [0.4, 0.5) is 0 Å². The minimum atomic E-state index is 0.584. The van der Waals surface area contributed by atoms with Crippen molar-refractivity contribution in [2.24, 2.45) is 0 Å². The number of hydrogen-bond acceptors (Lipinski definition) is 2. The minimum absolute atomic E-state index is 0.584. The van der Waals surface area contributed by atoms with Crippen molar-refractivity contribution in [1.29, 1.82) is 0 Å². The van der Waals surface area contributed by atoms with Crippen LogP contribution in [0.3, 0.4) is 0 Å². The van der Waals surface area contributed by atoms with E-state index in [1.54, 1.807) is 16.8 Å². The Bertz CT molecular complexity index is 392. The van der Waals surface area contributed by atoms with Gasteiger partial charge in [0.25, 0.3) is 0 Å². The number of nitrogens with zero attached hydrogens (tertiary/aromatic N) is 2. The van der Waals surface area contributed by atoms with Crippen molar-refractivity contribution in [2.45, 2.75) is 0 Å². The Morgan fingerprint density at radius 1 is 1.36 bits per heavy atom. The van der Waals surface area contributed by atoms with Crippen LogP contribution in [0.25, 0.3) is 5.52 Å². The van der Waals surface area contributed by atoms with Gasteiger partial charge in [-0.15, -0.1) is 0 Å². The lowest BCUT2D eigenvalue weighted by molar-refractivity contribution is 0.111. The van der Waals surface area contributed by atoms with E-state index in [4.69, 9.17) is 0 Å². The Hall–Kier alpha value is -1.64. The van der Waals surface area contributed by atoms with Crippen molar-refractivity contribution < 1.29 is 4.79 Å². The van der Waals surface area contributed by atoms with Crippen LogP contribution in [0.2, 0.25) is 0 Å². The van der Waals surface area contributed by atoms with E-state index in [9.17, 15) is 4.79 Å². The predicted octanol–water partition coefficient (Wildman–Crippen LogP) is 1.15. The molecule has 0 aromatic carbocycles. The molecule has 11 heavy (non-hydrogen) atoms. The highest BCUT2D eigenvalue weighted by Crippen LogP contribution is 2.04. The molecule has 0 spiro atoms. The van der Waals surface area contributed by atoms with Crippen molar-refractivity contribution in [3.8, 4) is 0 Å². The minimum Gasteiger partial charge on any atom is -0.296 e. The van der Waals surface area contributed by atoms with Gasteiger partial charge in [-0.2, -0.15) is 5.10 Å². The monoisotopic (exact) mass is 146 g/mol. The van der Waals surface area contributed by atoms with Crippen molar-refractivity contribution in [2.75, 3.05) is 0 Å². The molecule has 2 aromatic rings. The van der Waals surface area contributed by atoms with E-state index in [0.717, 1.165) is 11.8 Å². The Labute approximate surface area is 63.3 Å². The van der Waals surface area contributed by atoms with E-state index in [-0.39, 0.29) is 0 Å². The summed E-state index contributed by atoms with van der Waals surface area (Å²) in [5.41, 5.74) is 1.52. The van der Waals surface area contributed by atoms with Gasteiger partial charge < -0.3 is 0 Å². The Balaban J connectivity index is 2.86. The molecule has 0 aliphatic rings. The second-order valence-corrected chi connectivity index (χ2v) is 2.24. The average Bonchev–Trinajstić information content (AvgIpc) is 2.47. The second-order valence-electron chi connectivity index (χ2n) is 2.24. The third kappa shape index (κ3) is 0.816. The van der Waals surface area contributed by atoms with Gasteiger partial charge in [0.2, 0.25) is 0 Å². The Morgan fingerprint density at radius 3 is 3.09 bits per heavy atom. The smallest absolute Gasteiger partial charge is 0.168 e. The fourth-order valence-corrected chi connectivity index (χ4v) is 1.06. The lowest BCUT2D eigenvalue weighted by Crippen LogP contribution is -1.93. The molecule has 0 atom stereocenters. The topological polar surface area (TPSA) is 34.4 Å². The van der Waals surface area contributed by atoms with Crippen molar-refractivity contribution in [3.05, 3.63) is 36.2 Å². The predicted molar refractivity (Wildman–Crippen MR) is 40.6 cm³/mol. The number of hydrogen-bond donors (Lipinski definition) is 0. The van der Waals surface area contributed by atoms with E-state index in [1.807, 2.05) is 18.2 Å². The molecule has 0 amide bonds. The van der Waals surface area contributed by atoms with Crippen LogP contribution >= 0.6 is 0 Å². The molecule has 0 radical (unpaired) electrons. The maximum absolute atomic E-state index is 10.4. The summed E-state index contributed by atoms with van der Waals surface area (Å²) in [6, 6.07) is 7.34. The lowest BCUT2D eigenvalue weighted by Gasteiger charge is -1.91. The summed E-state index contributed by atoms with van der Waals surface area (Å²) in [7, 11) is 0. The van der Waals surface area contributed by atoms with Gasteiger partial charge in [-0.3, -0.25) is 4.79 Å². The molecule has 0 unspecified atom stereocenters. The summed E-state index contributed by atoms with van der Waals surface area (Å²) in [6.45, 7) is 0. The van der Waals surface area contributed by atoms with Crippen LogP contribution in [0.5, 0.6) is 0 Å². The summed E-state index contributed by atoms with van der Waals surface area (Å²) in [5.74, 6) is 0. The Kier molecular flexibility index (Phi) is 1.22. The molecule has 0 bridgehead atoms. The fraction of sp³-hybridized carbons (Fsp3) is 0. The number of aldehydes is 1. The zero-order chi connectivity index (χ0) is 7.68. The molecule has 0 saturated carbocycles. The summed E-state index contributed by atoms with van der Waals surface area (Å²) in [5, 5.41) is 4.00. The molecule has 3 heteroatoms. The quantitative estimate of drug-likeness (QED) is 0.565. The molecule has 0 aliphatic heterocycles. The number of rotatable bonds is 1. The summed E-state index contributed by atoms with van der Waals surface area (Å²) in [4.78, 5) is 10.4. The maximum Gasteiger partial charge on any atom is 0.168 e. The molecule has 0 saturated heterocycles. The molecule has 54 valence electrons. The normalized spacial score (nSPS) is 10.2. The molecule has 2 aromatic heterocycles. The fourth-order valence-electron chi connectivity index (χ4n) is 1.06. The van der Waals surface area contributed by atoms with Gasteiger partial charge in [0, 0.05) is 6.20 Å². The summed E-state index contributed by atoms with van der Waals surface area (Å²) >= 11 is 0. The third-order valence-electron chi connectivity index (χ3n) is 1.57. The molecular weight excluding hydrogens is 140 g/mol. The van der Waals surface area contributed by atoms with Crippen LogP contribution in [0.1, 0.15) is 10.5 Å². The van der Waals surface area contributed by atoms with E-state index < -0.39 is 0 Å². The van der Waals surface area contributed by atoms with Gasteiger partial charge in [-0.25, -0.2) is 4.52 Å². The first-order valence-electron chi connectivity index (χ1n) is 3.30. The van der Waals surface area contributed by atoms with E-state index in [1.165, 1.54) is 0 Å². The van der Waals surface area contributed by atoms with Gasteiger partial charge in [0.15, 0.2) is 6.29 Å². The van der Waals surface area contributed by atoms with Gasteiger partial charge >= 0.3 is 0 Å². The maximum atomic E-state index is 10.4. The van der Waals surface area contributed by atoms with Crippen molar-refractivity contribution in [1.82, 2.24) is 9.61 Å². The summed E-state index contributed by atoms with van der Waals surface area (Å²) in [6.07, 6.45) is 2.44. The van der Waals surface area contributed by atoms with Crippen LogP contribution < -0.4 is 0 Å². The number of fused-ring (bicyclic) bond motifs is 1. The van der Waals surface area contributed by atoms with Gasteiger partial charge in [-0.05, 0) is 24.3 Å². The largest absolute Gasteiger partial charge is 0.296 e. The highest BCUT2D eigenvalue weighted by Gasteiger charge is 1.97. The molecule has 3 nitrogen and oxygen atoms in total. The number of aromatic nitrogens is 2. The van der Waals surface area contributed by atoms with Crippen LogP contribution in [-0.4, -0.2) is 15.9 Å². The highest BCUT2D eigenvalue weighted by atomic mass is 16.1. The van der Waals surface area contributed by atoms with Crippen LogP contribution in [0, 0.1) is 0 Å². The number of carbonyl (C=O) groups is 1. The zero-order valence-electron chi connectivity index (χ0n) is 5.77. The van der Waals surface area contributed by atoms with E-state index >= 15 is 0 Å². The third-order valence-corrected chi connectivity index (χ3v) is 1.57. The first kappa shape index (κ1) is 6.09. The first-order chi connectivity index (χ1) is 5.42. The van der Waals surface area contributed by atoms with Gasteiger partial charge in [-0.1, -0.05) is 0 Å². The molecular formula is C8H6N2O. The SMILES string of the molecule is O=Cc1ccc2cccnn12. The molecule has 2 rings (SSSR count). The summed E-state index contributed by atoms with van der Waals surface area (Å²) < 4.78 is 1.60. The number of carbonyl (C=O) groups excluding carboxylic acids is 1. The molecule has 0 aliphatic carbocycles. The molecule has 2 heterocycles. The standard InChI is InChI=1S/C8H6N2O/c11-6-8-4-3-7-2-1-5-9-10(7)8/h1-6H. The first-order valence-corrected chi connectivity index (χ1v) is 3.30. The molecule has 0 N–H and O–H groups in total. The van der Waals surface area contributed by atoms with E-state index in [0.29, 0.717) is 5.69 Å². The average molecular weight is 146 g/mol. The van der Waals surface area contributed by atoms with Crippen molar-refractivity contribution in [3.63, 3.8) is 0 Å². The van der Waals surface area contributed by atoms with Gasteiger partial charge in [0.1, 0.15) is 5.69 Å². The van der Waals surface area contributed by atoms with E-state index in [2.05, 4.69) is 5.10 Å². The van der Waals surface area contributed by atoms with Crippen LogP contribution in [0.15, 0.2) is 30.5 Å². The van der Waals surface area contributed by atoms with Gasteiger partial charge in [0.05, 0.1) is 5.52 Å². The second kappa shape index (κ2) is 2.20.